The van der Waals surface area contributed by atoms with E-state index in [-0.39, 0.29) is 36.3 Å². The van der Waals surface area contributed by atoms with E-state index >= 15 is 0 Å². The maximum absolute atomic E-state index is 12.4. The van der Waals surface area contributed by atoms with Crippen molar-refractivity contribution < 1.29 is 4.79 Å². The van der Waals surface area contributed by atoms with Crippen LogP contribution in [0.5, 0.6) is 0 Å². The van der Waals surface area contributed by atoms with E-state index in [4.69, 9.17) is 5.73 Å². The molecular weight excluding hydrogens is 384 g/mol. The number of nitrogens with zero attached hydrogens (tertiary/aromatic N) is 2. The second-order valence-electron chi connectivity index (χ2n) is 6.60. The second kappa shape index (κ2) is 8.10. The van der Waals surface area contributed by atoms with Crippen LogP contribution in [-0.2, 0) is 17.8 Å². The molecule has 1 atom stereocenters. The first kappa shape index (κ1) is 19.4. The summed E-state index contributed by atoms with van der Waals surface area (Å²) >= 11 is 1.44. The van der Waals surface area contributed by atoms with Gasteiger partial charge in [0.25, 0.3) is 5.56 Å². The first-order valence-electron chi connectivity index (χ1n) is 8.72. The van der Waals surface area contributed by atoms with Crippen molar-refractivity contribution >= 4 is 45.6 Å². The highest BCUT2D eigenvalue weighted by Crippen LogP contribution is 2.31. The normalized spacial score (nSPS) is 15.8. The zero-order valence-electron chi connectivity index (χ0n) is 14.7. The number of nitrogens with two attached hydrogens (primary N) is 1. The van der Waals surface area contributed by atoms with E-state index in [1.807, 2.05) is 23.6 Å². The molecule has 0 aliphatic heterocycles. The zero-order chi connectivity index (χ0) is 18.1. The molecule has 1 aliphatic rings. The van der Waals surface area contributed by atoms with Crippen LogP contribution in [0, 0.1) is 0 Å². The zero-order valence-corrected chi connectivity index (χ0v) is 16.3. The molecule has 8 heteroatoms. The smallest absolute Gasteiger partial charge is 0.262 e. The molecule has 2 heterocycles. The van der Waals surface area contributed by atoms with Crippen LogP contribution in [0.25, 0.3) is 10.2 Å². The summed E-state index contributed by atoms with van der Waals surface area (Å²) in [5.74, 6) is -0.0583. The lowest BCUT2D eigenvalue weighted by Crippen LogP contribution is -2.32. The van der Waals surface area contributed by atoms with Gasteiger partial charge >= 0.3 is 0 Å². The van der Waals surface area contributed by atoms with Gasteiger partial charge in [0.2, 0.25) is 5.91 Å². The fourth-order valence-corrected chi connectivity index (χ4v) is 4.25. The van der Waals surface area contributed by atoms with Gasteiger partial charge in [-0.3, -0.25) is 14.2 Å². The van der Waals surface area contributed by atoms with Crippen LogP contribution >= 0.6 is 23.7 Å². The van der Waals surface area contributed by atoms with Crippen molar-refractivity contribution in [1.82, 2.24) is 14.9 Å². The Hall–Kier alpha value is -2.38. The molecule has 1 unspecified atom stereocenters. The minimum absolute atomic E-state index is 0. The number of thiophene rings is 1. The largest absolute Gasteiger partial charge is 0.399 e. The summed E-state index contributed by atoms with van der Waals surface area (Å²) in [6, 6.07) is 7.67. The maximum Gasteiger partial charge on any atom is 0.262 e. The molecule has 0 fully saturated rings. The molecule has 27 heavy (non-hydrogen) atoms. The van der Waals surface area contributed by atoms with E-state index in [2.05, 4.69) is 10.3 Å². The molecule has 6 nitrogen and oxygen atoms in total. The summed E-state index contributed by atoms with van der Waals surface area (Å²) in [7, 11) is 0. The third kappa shape index (κ3) is 3.99. The van der Waals surface area contributed by atoms with E-state index in [9.17, 15) is 9.59 Å². The van der Waals surface area contributed by atoms with Crippen LogP contribution in [0.4, 0.5) is 5.69 Å². The van der Waals surface area contributed by atoms with Crippen molar-refractivity contribution in [3.05, 3.63) is 57.5 Å². The Morgan fingerprint density at radius 3 is 3.07 bits per heavy atom. The molecule has 1 amide bonds. The van der Waals surface area contributed by atoms with Gasteiger partial charge in [-0.15, -0.1) is 23.7 Å². The Morgan fingerprint density at radius 2 is 2.22 bits per heavy atom. The van der Waals surface area contributed by atoms with Gasteiger partial charge in [0.1, 0.15) is 4.83 Å². The Labute approximate surface area is 166 Å². The quantitative estimate of drug-likeness (QED) is 0.654. The van der Waals surface area contributed by atoms with Crippen molar-refractivity contribution in [2.24, 2.45) is 0 Å². The number of rotatable bonds is 4. The minimum Gasteiger partial charge on any atom is -0.399 e. The number of amides is 1. The van der Waals surface area contributed by atoms with Crippen LogP contribution in [0.2, 0.25) is 0 Å². The fraction of sp³-hybridized carbons (Fsp3) is 0.316. The standard InChI is InChI=1S/C19H20N4O2S.ClH/c20-13-4-5-14-12(10-13)2-1-3-16(14)22-17(24)6-8-23-11-21-18-15(19(23)25)7-9-26-18;/h4-5,7,9-11,16H,1-3,6,8,20H2,(H,22,24);1H. The van der Waals surface area contributed by atoms with Gasteiger partial charge in [0.15, 0.2) is 0 Å². The van der Waals surface area contributed by atoms with E-state index < -0.39 is 0 Å². The molecule has 0 radical (unpaired) electrons. The molecular formula is C19H21ClN4O2S. The molecule has 0 bridgehead atoms. The SMILES string of the molecule is Cl.Nc1ccc2c(c1)CCCC2NC(=O)CCn1cnc2sccc2c1=O. The van der Waals surface area contributed by atoms with Gasteiger partial charge < -0.3 is 11.1 Å². The number of nitrogen functional groups attached to an aromatic ring is 1. The number of anilines is 1. The van der Waals surface area contributed by atoms with Gasteiger partial charge in [-0.2, -0.15) is 0 Å². The summed E-state index contributed by atoms with van der Waals surface area (Å²) in [5, 5.41) is 5.56. The summed E-state index contributed by atoms with van der Waals surface area (Å²) in [6.45, 7) is 0.324. The lowest BCUT2D eigenvalue weighted by molar-refractivity contribution is -0.122. The monoisotopic (exact) mass is 404 g/mol. The average molecular weight is 405 g/mol. The van der Waals surface area contributed by atoms with E-state index in [0.717, 1.165) is 35.3 Å². The molecule has 0 saturated heterocycles. The number of hydrogen-bond acceptors (Lipinski definition) is 5. The highest BCUT2D eigenvalue weighted by Gasteiger charge is 2.21. The van der Waals surface area contributed by atoms with Gasteiger partial charge in [0.05, 0.1) is 17.8 Å². The first-order valence-corrected chi connectivity index (χ1v) is 9.60. The number of fused-ring (bicyclic) bond motifs is 2. The van der Waals surface area contributed by atoms with Crippen LogP contribution in [0.1, 0.15) is 36.4 Å². The van der Waals surface area contributed by atoms with Crippen molar-refractivity contribution in [2.75, 3.05) is 5.73 Å². The van der Waals surface area contributed by atoms with E-state index in [0.29, 0.717) is 11.9 Å². The van der Waals surface area contributed by atoms with Crippen LogP contribution in [0.15, 0.2) is 40.8 Å². The van der Waals surface area contributed by atoms with Crippen molar-refractivity contribution in [2.45, 2.75) is 38.3 Å². The van der Waals surface area contributed by atoms with Crippen LogP contribution < -0.4 is 16.6 Å². The predicted molar refractivity (Wildman–Crippen MR) is 110 cm³/mol. The molecule has 0 spiro atoms. The summed E-state index contributed by atoms with van der Waals surface area (Å²) in [4.78, 5) is 29.8. The van der Waals surface area contributed by atoms with Crippen LogP contribution in [-0.4, -0.2) is 15.5 Å². The van der Waals surface area contributed by atoms with Crippen molar-refractivity contribution in [1.29, 1.82) is 0 Å². The Bertz CT molecular complexity index is 1030. The number of carbonyl (C=O) groups excluding carboxylic acids is 1. The molecule has 1 aliphatic carbocycles. The van der Waals surface area contributed by atoms with E-state index in [1.54, 1.807) is 6.07 Å². The molecule has 4 rings (SSSR count). The van der Waals surface area contributed by atoms with Gasteiger partial charge in [-0.1, -0.05) is 6.07 Å². The number of hydrogen-bond donors (Lipinski definition) is 2. The average Bonchev–Trinajstić information content (AvgIpc) is 3.11. The Balaban J connectivity index is 0.00000210. The predicted octanol–water partition coefficient (Wildman–Crippen LogP) is 3.05. The Morgan fingerprint density at radius 1 is 1.37 bits per heavy atom. The number of carbonyl (C=O) groups is 1. The molecule has 2 aromatic heterocycles. The molecule has 0 saturated carbocycles. The van der Waals surface area contributed by atoms with Crippen molar-refractivity contribution in [3.63, 3.8) is 0 Å². The summed E-state index contributed by atoms with van der Waals surface area (Å²) < 4.78 is 1.50. The minimum atomic E-state index is -0.0949. The fourth-order valence-electron chi connectivity index (χ4n) is 3.53. The number of halogens is 1. The molecule has 3 N–H and O–H groups in total. The van der Waals surface area contributed by atoms with Gasteiger partial charge in [-0.25, -0.2) is 4.98 Å². The lowest BCUT2D eigenvalue weighted by atomic mass is 9.87. The topological polar surface area (TPSA) is 90.0 Å². The van der Waals surface area contributed by atoms with Gasteiger partial charge in [0, 0.05) is 18.7 Å². The number of aryl methyl sites for hydroxylation is 2. The van der Waals surface area contributed by atoms with Gasteiger partial charge in [-0.05, 0) is 54.0 Å². The van der Waals surface area contributed by atoms with E-state index in [1.165, 1.54) is 27.8 Å². The highest BCUT2D eigenvalue weighted by molar-refractivity contribution is 7.16. The third-order valence-electron chi connectivity index (χ3n) is 4.85. The highest BCUT2D eigenvalue weighted by atomic mass is 35.5. The van der Waals surface area contributed by atoms with Crippen LogP contribution in [0.3, 0.4) is 0 Å². The third-order valence-corrected chi connectivity index (χ3v) is 5.67. The summed E-state index contributed by atoms with van der Waals surface area (Å²) in [6.07, 6.45) is 4.71. The number of benzene rings is 1. The second-order valence-corrected chi connectivity index (χ2v) is 7.50. The number of nitrogens with one attached hydrogen (secondary N) is 1. The first-order chi connectivity index (χ1) is 12.6. The molecule has 142 valence electrons. The summed E-state index contributed by atoms with van der Waals surface area (Å²) in [5.41, 5.74) is 8.89. The lowest BCUT2D eigenvalue weighted by Gasteiger charge is -2.26. The molecule has 1 aromatic carbocycles. The maximum atomic E-state index is 12.4. The molecule has 3 aromatic rings. The Kier molecular flexibility index (Phi) is 5.82. The number of aromatic nitrogens is 2. The van der Waals surface area contributed by atoms with Crippen molar-refractivity contribution in [3.8, 4) is 0 Å².